The van der Waals surface area contributed by atoms with E-state index in [2.05, 4.69) is 10.5 Å². The highest BCUT2D eigenvalue weighted by Crippen LogP contribution is 2.30. The van der Waals surface area contributed by atoms with E-state index in [1.807, 2.05) is 0 Å². The molecule has 0 bridgehead atoms. The SMILES string of the molecule is Cc1c(F)ccc2onc(SCCNC(=O)OC(C)(C)C)c12. The normalized spacial score (nSPS) is 11.7. The van der Waals surface area contributed by atoms with Gasteiger partial charge < -0.3 is 14.6 Å². The maximum atomic E-state index is 13.6. The smallest absolute Gasteiger partial charge is 0.407 e. The Hall–Kier alpha value is -1.76. The number of ether oxygens (including phenoxy) is 1. The molecular formula is C15H19FN2O3S. The van der Waals surface area contributed by atoms with Crippen molar-refractivity contribution in [1.82, 2.24) is 10.5 Å². The van der Waals surface area contributed by atoms with Crippen molar-refractivity contribution in [2.24, 2.45) is 0 Å². The van der Waals surface area contributed by atoms with Crippen molar-refractivity contribution < 1.29 is 18.4 Å². The van der Waals surface area contributed by atoms with Gasteiger partial charge in [0.25, 0.3) is 0 Å². The minimum Gasteiger partial charge on any atom is -0.444 e. The lowest BCUT2D eigenvalue weighted by Crippen LogP contribution is -2.33. The fourth-order valence-electron chi connectivity index (χ4n) is 1.85. The monoisotopic (exact) mass is 326 g/mol. The predicted molar refractivity (Wildman–Crippen MR) is 83.7 cm³/mol. The molecule has 120 valence electrons. The summed E-state index contributed by atoms with van der Waals surface area (Å²) in [5, 5.41) is 7.92. The van der Waals surface area contributed by atoms with Crippen molar-refractivity contribution in [3.8, 4) is 0 Å². The number of nitrogens with zero attached hydrogens (tertiary/aromatic N) is 1. The number of nitrogens with one attached hydrogen (secondary N) is 1. The van der Waals surface area contributed by atoms with E-state index in [0.29, 0.717) is 33.9 Å². The van der Waals surface area contributed by atoms with Crippen LogP contribution in [0.1, 0.15) is 26.3 Å². The van der Waals surface area contributed by atoms with Crippen LogP contribution in [0.15, 0.2) is 21.7 Å². The molecule has 1 N–H and O–H groups in total. The maximum Gasteiger partial charge on any atom is 0.407 e. The summed E-state index contributed by atoms with van der Waals surface area (Å²) >= 11 is 1.40. The van der Waals surface area contributed by atoms with Gasteiger partial charge in [0.15, 0.2) is 5.58 Å². The van der Waals surface area contributed by atoms with E-state index in [9.17, 15) is 9.18 Å². The molecule has 0 spiro atoms. The average molecular weight is 326 g/mol. The van der Waals surface area contributed by atoms with E-state index in [0.717, 1.165) is 0 Å². The van der Waals surface area contributed by atoms with Crippen LogP contribution >= 0.6 is 11.8 Å². The van der Waals surface area contributed by atoms with E-state index in [-0.39, 0.29) is 5.82 Å². The molecule has 5 nitrogen and oxygen atoms in total. The first-order valence-electron chi connectivity index (χ1n) is 6.92. The van der Waals surface area contributed by atoms with Gasteiger partial charge in [0.2, 0.25) is 0 Å². The third kappa shape index (κ3) is 4.13. The van der Waals surface area contributed by atoms with Gasteiger partial charge in [-0.25, -0.2) is 9.18 Å². The first kappa shape index (κ1) is 16.6. The second-order valence-corrected chi connectivity index (χ2v) is 6.89. The largest absolute Gasteiger partial charge is 0.444 e. The molecule has 0 fully saturated rings. The predicted octanol–water partition coefficient (Wildman–Crippen LogP) is 3.89. The molecule has 0 radical (unpaired) electrons. The van der Waals surface area contributed by atoms with Gasteiger partial charge in [-0.2, -0.15) is 0 Å². The first-order valence-corrected chi connectivity index (χ1v) is 7.90. The lowest BCUT2D eigenvalue weighted by atomic mass is 10.1. The van der Waals surface area contributed by atoms with Crippen LogP contribution in [-0.4, -0.2) is 29.1 Å². The number of aryl methyl sites for hydroxylation is 1. The maximum absolute atomic E-state index is 13.6. The number of carbonyl (C=O) groups excluding carboxylic acids is 1. The highest BCUT2D eigenvalue weighted by Gasteiger charge is 2.16. The van der Waals surface area contributed by atoms with Gasteiger partial charge in [0.1, 0.15) is 16.4 Å². The van der Waals surface area contributed by atoms with E-state index in [4.69, 9.17) is 9.26 Å². The molecule has 0 aliphatic carbocycles. The van der Waals surface area contributed by atoms with Crippen molar-refractivity contribution >= 4 is 28.8 Å². The topological polar surface area (TPSA) is 64.4 Å². The minimum atomic E-state index is -0.520. The van der Waals surface area contributed by atoms with Gasteiger partial charge in [-0.3, -0.25) is 0 Å². The number of rotatable bonds is 4. The molecule has 7 heteroatoms. The molecule has 2 aromatic rings. The van der Waals surface area contributed by atoms with Crippen LogP contribution in [0.5, 0.6) is 0 Å². The van der Waals surface area contributed by atoms with Crippen LogP contribution in [0, 0.1) is 12.7 Å². The highest BCUT2D eigenvalue weighted by atomic mass is 32.2. The van der Waals surface area contributed by atoms with E-state index in [1.54, 1.807) is 33.8 Å². The van der Waals surface area contributed by atoms with Crippen LogP contribution in [0.3, 0.4) is 0 Å². The van der Waals surface area contributed by atoms with Crippen LogP contribution in [0.4, 0.5) is 9.18 Å². The number of aromatic nitrogens is 1. The molecule has 0 saturated heterocycles. The van der Waals surface area contributed by atoms with Crippen molar-refractivity contribution in [3.05, 3.63) is 23.5 Å². The third-order valence-corrected chi connectivity index (χ3v) is 3.77. The van der Waals surface area contributed by atoms with Crippen LogP contribution in [-0.2, 0) is 4.74 Å². The summed E-state index contributed by atoms with van der Waals surface area (Å²) in [5.74, 6) is 0.293. The quantitative estimate of drug-likeness (QED) is 0.682. The highest BCUT2D eigenvalue weighted by molar-refractivity contribution is 7.99. The Morgan fingerprint density at radius 2 is 2.18 bits per heavy atom. The van der Waals surface area contributed by atoms with Crippen molar-refractivity contribution in [2.75, 3.05) is 12.3 Å². The summed E-state index contributed by atoms with van der Waals surface area (Å²) in [4.78, 5) is 11.5. The van der Waals surface area contributed by atoms with Crippen LogP contribution < -0.4 is 5.32 Å². The number of carbonyl (C=O) groups is 1. The summed E-state index contributed by atoms with van der Waals surface area (Å²) in [6, 6.07) is 2.93. The molecule has 2 rings (SSSR count). The molecule has 1 amide bonds. The molecule has 1 aromatic heterocycles. The van der Waals surface area contributed by atoms with E-state index >= 15 is 0 Å². The Morgan fingerprint density at radius 1 is 1.45 bits per heavy atom. The lowest BCUT2D eigenvalue weighted by Gasteiger charge is -2.19. The number of fused-ring (bicyclic) bond motifs is 1. The summed E-state index contributed by atoms with van der Waals surface area (Å²) < 4.78 is 23.9. The number of amides is 1. The fraction of sp³-hybridized carbons (Fsp3) is 0.467. The van der Waals surface area contributed by atoms with E-state index in [1.165, 1.54) is 17.8 Å². The molecule has 0 saturated carbocycles. The molecule has 0 atom stereocenters. The number of benzene rings is 1. The molecule has 0 unspecified atom stereocenters. The number of hydrogen-bond donors (Lipinski definition) is 1. The van der Waals surface area contributed by atoms with Gasteiger partial charge >= 0.3 is 6.09 Å². The van der Waals surface area contributed by atoms with Crippen LogP contribution in [0.2, 0.25) is 0 Å². The number of halogens is 1. The van der Waals surface area contributed by atoms with Gasteiger partial charge in [0, 0.05) is 12.3 Å². The Kier molecular flexibility index (Phi) is 4.95. The van der Waals surface area contributed by atoms with Gasteiger partial charge in [0.05, 0.1) is 5.39 Å². The fourth-order valence-corrected chi connectivity index (χ4v) is 2.74. The van der Waals surface area contributed by atoms with Crippen molar-refractivity contribution in [2.45, 2.75) is 38.3 Å². The zero-order chi connectivity index (χ0) is 16.3. The molecule has 1 heterocycles. The van der Waals surface area contributed by atoms with Gasteiger partial charge in [-0.15, -0.1) is 11.8 Å². The number of thioether (sulfide) groups is 1. The Morgan fingerprint density at radius 3 is 2.86 bits per heavy atom. The average Bonchev–Trinajstić information content (AvgIpc) is 2.81. The molecule has 1 aromatic carbocycles. The molecule has 0 aliphatic heterocycles. The zero-order valence-corrected chi connectivity index (χ0v) is 13.8. The Labute approximate surface area is 132 Å². The minimum absolute atomic E-state index is 0.288. The number of alkyl carbamates (subject to hydrolysis) is 1. The lowest BCUT2D eigenvalue weighted by molar-refractivity contribution is 0.0531. The van der Waals surface area contributed by atoms with E-state index < -0.39 is 11.7 Å². The second-order valence-electron chi connectivity index (χ2n) is 5.81. The summed E-state index contributed by atoms with van der Waals surface area (Å²) in [7, 11) is 0. The molecular weight excluding hydrogens is 307 g/mol. The molecule has 0 aliphatic rings. The Bertz CT molecular complexity index is 679. The zero-order valence-electron chi connectivity index (χ0n) is 13.0. The van der Waals surface area contributed by atoms with Gasteiger partial charge in [-0.1, -0.05) is 5.16 Å². The van der Waals surface area contributed by atoms with Crippen LogP contribution in [0.25, 0.3) is 11.0 Å². The first-order chi connectivity index (χ1) is 10.3. The number of hydrogen-bond acceptors (Lipinski definition) is 5. The molecule has 22 heavy (non-hydrogen) atoms. The third-order valence-electron chi connectivity index (χ3n) is 2.81. The van der Waals surface area contributed by atoms with Crippen molar-refractivity contribution in [1.29, 1.82) is 0 Å². The summed E-state index contributed by atoms with van der Waals surface area (Å²) in [6.45, 7) is 7.53. The van der Waals surface area contributed by atoms with Gasteiger partial charge in [-0.05, 0) is 45.4 Å². The summed E-state index contributed by atoms with van der Waals surface area (Å²) in [6.07, 6.45) is -0.458. The summed E-state index contributed by atoms with van der Waals surface area (Å²) in [5.41, 5.74) is 0.552. The Balaban J connectivity index is 1.91. The second kappa shape index (κ2) is 6.56. The standard InChI is InChI=1S/C15H19FN2O3S/c1-9-10(16)5-6-11-12(9)13(18-21-11)22-8-7-17-14(19)20-15(2,3)4/h5-6H,7-8H2,1-4H3,(H,17,19). The van der Waals surface area contributed by atoms with Crippen molar-refractivity contribution in [3.63, 3.8) is 0 Å².